The van der Waals surface area contributed by atoms with E-state index in [1.807, 2.05) is 60.4 Å². The van der Waals surface area contributed by atoms with Gasteiger partial charge in [0.25, 0.3) is 0 Å². The number of aryl methyl sites for hydroxylation is 1. The van der Waals surface area contributed by atoms with Crippen molar-refractivity contribution < 1.29 is 9.90 Å². The normalized spacial score (nSPS) is 12.3. The van der Waals surface area contributed by atoms with Crippen molar-refractivity contribution in [3.8, 4) is 0 Å². The van der Waals surface area contributed by atoms with Gasteiger partial charge in [-0.1, -0.05) is 31.2 Å². The lowest BCUT2D eigenvalue weighted by molar-refractivity contribution is -0.138. The maximum Gasteiger partial charge on any atom is 0.326 e. The van der Waals surface area contributed by atoms with Gasteiger partial charge >= 0.3 is 5.97 Å². The van der Waals surface area contributed by atoms with Gasteiger partial charge < -0.3 is 21.3 Å². The fraction of sp³-hybridized carbons (Fsp3) is 0.318. The summed E-state index contributed by atoms with van der Waals surface area (Å²) in [5.74, 6) is 9.61. The lowest BCUT2D eigenvalue weighted by Gasteiger charge is -2.30. The molecule has 0 spiro atoms. The molecule has 0 amide bonds. The van der Waals surface area contributed by atoms with E-state index in [2.05, 4.69) is 15.5 Å². The summed E-state index contributed by atoms with van der Waals surface area (Å²) >= 11 is 0. The average Bonchev–Trinajstić information content (AvgIpc) is 2.75. The van der Waals surface area contributed by atoms with Crippen LogP contribution in [0.4, 0.5) is 11.4 Å². The van der Waals surface area contributed by atoms with Gasteiger partial charge in [0, 0.05) is 12.2 Å². The Bertz CT molecular complexity index is 851. The number of hydrazone groups is 1. The number of carbonyl (C=O) groups is 1. The van der Waals surface area contributed by atoms with Crippen LogP contribution < -0.4 is 22.0 Å². The number of carboxylic acid groups (broad SMARTS) is 1. The number of carboxylic acids is 1. The molecule has 2 aromatic carbocycles. The van der Waals surface area contributed by atoms with Gasteiger partial charge in [-0.05, 0) is 61.1 Å². The molecule has 2 rings (SSSR count). The summed E-state index contributed by atoms with van der Waals surface area (Å²) in [6, 6.07) is 15.0. The summed E-state index contributed by atoms with van der Waals surface area (Å²) in [7, 11) is 0. The number of nitrogens with two attached hydrogens (primary N) is 2. The molecule has 0 aliphatic rings. The highest BCUT2D eigenvalue weighted by atomic mass is 16.4. The zero-order valence-electron chi connectivity index (χ0n) is 17.2. The molecule has 1 unspecified atom stereocenters. The second kappa shape index (κ2) is 12.2. The Labute approximate surface area is 177 Å². The van der Waals surface area contributed by atoms with Crippen LogP contribution in [0.3, 0.4) is 0 Å². The molecular formula is C22H30N6O2. The topological polar surface area (TPSA) is 129 Å². The molecule has 0 aromatic heterocycles. The molecule has 0 aliphatic heterocycles. The first-order valence-corrected chi connectivity index (χ1v) is 9.99. The average molecular weight is 411 g/mol. The molecule has 0 saturated carbocycles. The van der Waals surface area contributed by atoms with E-state index in [0.29, 0.717) is 13.0 Å². The first kappa shape index (κ1) is 22.9. The molecule has 0 bridgehead atoms. The zero-order chi connectivity index (χ0) is 21.8. The highest BCUT2D eigenvalue weighted by Crippen LogP contribution is 2.22. The minimum Gasteiger partial charge on any atom is -0.480 e. The molecule has 8 heteroatoms. The van der Waals surface area contributed by atoms with Gasteiger partial charge in [0.05, 0.1) is 11.9 Å². The lowest BCUT2D eigenvalue weighted by Crippen LogP contribution is -2.41. The van der Waals surface area contributed by atoms with Gasteiger partial charge in [-0.15, -0.1) is 0 Å². The van der Waals surface area contributed by atoms with Crippen LogP contribution in [0.15, 0.2) is 58.6 Å². The molecule has 30 heavy (non-hydrogen) atoms. The molecule has 0 heterocycles. The van der Waals surface area contributed by atoms with Crippen molar-refractivity contribution >= 4 is 29.9 Å². The molecule has 2 aromatic rings. The van der Waals surface area contributed by atoms with Gasteiger partial charge in [-0.2, -0.15) is 5.10 Å². The summed E-state index contributed by atoms with van der Waals surface area (Å²) in [4.78, 5) is 17.9. The molecule has 8 nitrogen and oxygen atoms in total. The minimum atomic E-state index is -0.821. The Balaban J connectivity index is 2.02. The third-order valence-electron chi connectivity index (χ3n) is 4.81. The van der Waals surface area contributed by atoms with E-state index in [9.17, 15) is 9.90 Å². The smallest absolute Gasteiger partial charge is 0.326 e. The van der Waals surface area contributed by atoms with E-state index < -0.39 is 12.0 Å². The van der Waals surface area contributed by atoms with Crippen molar-refractivity contribution in [1.82, 2.24) is 5.43 Å². The summed E-state index contributed by atoms with van der Waals surface area (Å²) in [5.41, 5.74) is 6.12. The van der Waals surface area contributed by atoms with Crippen molar-refractivity contribution in [1.29, 1.82) is 0 Å². The number of nitrogens with one attached hydrogen (secondary N) is 1. The van der Waals surface area contributed by atoms with Gasteiger partial charge in [-0.3, -0.25) is 0 Å². The predicted molar refractivity (Wildman–Crippen MR) is 122 cm³/mol. The van der Waals surface area contributed by atoms with Crippen LogP contribution in [0, 0.1) is 0 Å². The number of hydrazine groups is 1. The van der Waals surface area contributed by atoms with Crippen molar-refractivity contribution in [2.75, 3.05) is 11.4 Å². The monoisotopic (exact) mass is 410 g/mol. The highest BCUT2D eigenvalue weighted by Gasteiger charge is 2.23. The quantitative estimate of drug-likeness (QED) is 0.140. The molecule has 6 N–H and O–H groups in total. The van der Waals surface area contributed by atoms with E-state index in [0.717, 1.165) is 36.2 Å². The largest absolute Gasteiger partial charge is 0.480 e. The number of benzene rings is 2. The van der Waals surface area contributed by atoms with Crippen molar-refractivity contribution in [3.63, 3.8) is 0 Å². The third-order valence-corrected chi connectivity index (χ3v) is 4.81. The van der Waals surface area contributed by atoms with Crippen LogP contribution in [0.25, 0.3) is 0 Å². The number of rotatable bonds is 12. The number of unbranched alkanes of at least 4 members (excludes halogenated alkanes) is 1. The molecule has 1 atom stereocenters. The summed E-state index contributed by atoms with van der Waals surface area (Å²) in [6.07, 6.45) is 6.24. The molecule has 0 fully saturated rings. The van der Waals surface area contributed by atoms with Gasteiger partial charge in [0.15, 0.2) is 0 Å². The minimum absolute atomic E-state index is 0.518. The maximum absolute atomic E-state index is 11.8. The highest BCUT2D eigenvalue weighted by molar-refractivity contribution is 5.83. The molecular weight excluding hydrogens is 380 g/mol. The number of hydrogen-bond donors (Lipinski definition) is 4. The third kappa shape index (κ3) is 6.89. The fourth-order valence-corrected chi connectivity index (χ4v) is 3.33. The summed E-state index contributed by atoms with van der Waals surface area (Å²) in [5, 5.41) is 13.2. The van der Waals surface area contributed by atoms with Gasteiger partial charge in [0.2, 0.25) is 0 Å². The standard InChI is InChI=1S/C22H30N6O2/c1-2-21(22(29)30)28(20-8-5-7-18(14-20)15-26-23)13-4-3-6-17-9-11-19(12-10-17)25-16-27-24/h5,7-12,14-16,21H,2-4,6,13,23-24H2,1H3,(H,25,27)(H,29,30). The number of anilines is 1. The van der Waals surface area contributed by atoms with Crippen LogP contribution in [-0.2, 0) is 11.2 Å². The Morgan fingerprint density at radius 2 is 2.00 bits per heavy atom. The lowest BCUT2D eigenvalue weighted by atomic mass is 10.1. The molecule has 0 radical (unpaired) electrons. The van der Waals surface area contributed by atoms with E-state index in [1.54, 1.807) is 6.21 Å². The maximum atomic E-state index is 11.8. The van der Waals surface area contributed by atoms with Crippen LogP contribution in [0.2, 0.25) is 0 Å². The number of aliphatic carboxylic acids is 1. The van der Waals surface area contributed by atoms with E-state index in [-0.39, 0.29) is 0 Å². The van der Waals surface area contributed by atoms with E-state index >= 15 is 0 Å². The second-order valence-electron chi connectivity index (χ2n) is 6.88. The van der Waals surface area contributed by atoms with Crippen LogP contribution in [-0.4, -0.2) is 36.2 Å². The second-order valence-corrected chi connectivity index (χ2v) is 6.88. The van der Waals surface area contributed by atoms with Crippen molar-refractivity contribution in [3.05, 3.63) is 59.7 Å². The number of hydrogen-bond acceptors (Lipinski definition) is 6. The van der Waals surface area contributed by atoms with Crippen LogP contribution in [0.1, 0.15) is 37.3 Å². The first-order valence-electron chi connectivity index (χ1n) is 9.99. The molecule has 0 aliphatic carbocycles. The number of nitrogens with zero attached hydrogens (tertiary/aromatic N) is 3. The Morgan fingerprint density at radius 1 is 1.23 bits per heavy atom. The van der Waals surface area contributed by atoms with E-state index in [1.165, 1.54) is 11.9 Å². The van der Waals surface area contributed by atoms with Crippen molar-refractivity contribution in [2.24, 2.45) is 21.8 Å². The Morgan fingerprint density at radius 3 is 2.63 bits per heavy atom. The summed E-state index contributed by atoms with van der Waals surface area (Å²) < 4.78 is 0. The van der Waals surface area contributed by atoms with E-state index in [4.69, 9.17) is 11.7 Å². The zero-order valence-corrected chi connectivity index (χ0v) is 17.2. The summed E-state index contributed by atoms with van der Waals surface area (Å²) in [6.45, 7) is 2.54. The first-order chi connectivity index (χ1) is 14.6. The molecule has 0 saturated heterocycles. The van der Waals surface area contributed by atoms with Crippen LogP contribution in [0.5, 0.6) is 0 Å². The van der Waals surface area contributed by atoms with Crippen molar-refractivity contribution in [2.45, 2.75) is 38.6 Å². The Kier molecular flexibility index (Phi) is 9.33. The number of aliphatic imine (C=N–C) groups is 1. The molecule has 160 valence electrons. The van der Waals surface area contributed by atoms with Crippen LogP contribution >= 0.6 is 0 Å². The fourth-order valence-electron chi connectivity index (χ4n) is 3.33. The SMILES string of the molecule is CCC(C(=O)O)N(CCCCc1ccc(N=CNN)cc1)c1cccc(C=NN)c1. The Hall–Kier alpha value is -3.39. The predicted octanol–water partition coefficient (Wildman–Crippen LogP) is 2.79. The van der Waals surface area contributed by atoms with Gasteiger partial charge in [0.1, 0.15) is 12.4 Å². The van der Waals surface area contributed by atoms with Gasteiger partial charge in [-0.25, -0.2) is 15.6 Å².